The minimum atomic E-state index is -1.27. The molecular weight excluding hydrogens is 142 g/mol. The molecule has 1 atom stereocenters. The van der Waals surface area contributed by atoms with Crippen molar-refractivity contribution < 1.29 is 18.9 Å². The maximum Gasteiger partial charge on any atom is 1.00 e. The topological polar surface area (TPSA) is 0 Å². The summed E-state index contributed by atoms with van der Waals surface area (Å²) in [6.45, 7) is 11.2. The molecule has 0 aliphatic carbocycles. The quantitative estimate of drug-likeness (QED) is 0.201. The minimum absolute atomic E-state index is 0. The molecule has 0 saturated carbocycles. The van der Waals surface area contributed by atoms with E-state index in [1.165, 1.54) is 0 Å². The summed E-state index contributed by atoms with van der Waals surface area (Å²) < 4.78 is 0. The average Bonchev–Trinajstić information content (AvgIpc) is 1.25. The molecule has 0 aliphatic rings. The van der Waals surface area contributed by atoms with Gasteiger partial charge in [-0.25, -0.2) is 13.1 Å². The smallest absolute Gasteiger partial charge is 0.587 e. The van der Waals surface area contributed by atoms with Crippen LogP contribution in [0.5, 0.6) is 0 Å². The van der Waals surface area contributed by atoms with Gasteiger partial charge in [-0.05, 0) is 20.8 Å². The fourth-order valence-corrected chi connectivity index (χ4v) is 0. The molecule has 0 spiro atoms. The third kappa shape index (κ3) is 4.74. The van der Waals surface area contributed by atoms with Crippen LogP contribution in [0.3, 0.4) is 0 Å². The fourth-order valence-electron chi connectivity index (χ4n) is 0. The van der Waals surface area contributed by atoms with E-state index >= 15 is 0 Å². The van der Waals surface area contributed by atoms with E-state index < -0.39 is 6.46 Å². The Labute approximate surface area is 76.8 Å². The maximum atomic E-state index is 5.22. The summed E-state index contributed by atoms with van der Waals surface area (Å²) in [4.78, 5) is 0. The number of hydrogen-bond donors (Lipinski definition) is 0. The summed E-state index contributed by atoms with van der Waals surface area (Å²) in [7, 11) is 0. The molecule has 3 heteroatoms. The summed E-state index contributed by atoms with van der Waals surface area (Å²) in [6.07, 6.45) is 0. The van der Waals surface area contributed by atoms with Crippen molar-refractivity contribution in [2.45, 2.75) is 25.9 Å². The fraction of sp³-hybridized carbons (Fsp3) is 0.833. The van der Waals surface area contributed by atoms with Crippen LogP contribution in [0, 0.1) is 6.66 Å². The standard InChI is InChI=1S/C6H14PS.Li/c1-6(2,3)7(4,5)8;/h4H2,1-3,5H3;/q-1;+1. The zero-order valence-electron chi connectivity index (χ0n) is 7.06. The Hall–Kier alpha value is 1.38. The molecule has 0 aromatic heterocycles. The predicted octanol–water partition coefficient (Wildman–Crippen LogP) is -0.310. The Morgan fingerprint density at radius 1 is 1.33 bits per heavy atom. The van der Waals surface area contributed by atoms with Crippen LogP contribution in [0.2, 0.25) is 0 Å². The Kier molecular flexibility index (Phi) is 5.31. The van der Waals surface area contributed by atoms with Crippen LogP contribution in [-0.4, -0.2) is 11.8 Å². The van der Waals surface area contributed by atoms with Crippen LogP contribution in [0.1, 0.15) is 20.8 Å². The van der Waals surface area contributed by atoms with E-state index in [1.807, 2.05) is 0 Å². The van der Waals surface area contributed by atoms with Crippen LogP contribution < -0.4 is 18.9 Å². The summed E-state index contributed by atoms with van der Waals surface area (Å²) in [6, 6.07) is 0. The van der Waals surface area contributed by atoms with Crippen molar-refractivity contribution in [3.8, 4) is 0 Å². The summed E-state index contributed by atoms with van der Waals surface area (Å²) in [5.41, 5.74) is 0. The van der Waals surface area contributed by atoms with Gasteiger partial charge in [-0.3, -0.25) is 0 Å². The van der Waals surface area contributed by atoms with E-state index in [9.17, 15) is 0 Å². The van der Waals surface area contributed by atoms with E-state index in [2.05, 4.69) is 34.1 Å². The summed E-state index contributed by atoms with van der Waals surface area (Å²) >= 11 is 5.22. The molecule has 0 nitrogen and oxygen atoms in total. The first kappa shape index (κ1) is 13.0. The molecule has 50 valence electrons. The Morgan fingerprint density at radius 2 is 1.44 bits per heavy atom. The number of hydrogen-bond acceptors (Lipinski definition) is 1. The van der Waals surface area contributed by atoms with Gasteiger partial charge in [0.25, 0.3) is 0 Å². The largest absolute Gasteiger partial charge is 1.00 e. The molecule has 0 radical (unpaired) electrons. The normalized spacial score (nSPS) is 18.0. The van der Waals surface area contributed by atoms with Crippen molar-refractivity contribution in [3.63, 3.8) is 0 Å². The molecule has 0 bridgehead atoms. The number of rotatable bonds is 0. The van der Waals surface area contributed by atoms with Crippen LogP contribution in [-0.2, 0) is 12.2 Å². The van der Waals surface area contributed by atoms with E-state index in [0.29, 0.717) is 0 Å². The first-order valence-electron chi connectivity index (χ1n) is 2.67. The molecule has 0 heterocycles. The molecule has 9 heavy (non-hydrogen) atoms. The van der Waals surface area contributed by atoms with Gasteiger partial charge in [0.1, 0.15) is 0 Å². The third-order valence-electron chi connectivity index (χ3n) is 1.42. The van der Waals surface area contributed by atoms with Gasteiger partial charge in [-0.1, -0.05) is 0 Å². The van der Waals surface area contributed by atoms with Crippen LogP contribution in [0.4, 0.5) is 0 Å². The van der Waals surface area contributed by atoms with Crippen LogP contribution in [0.25, 0.3) is 0 Å². The molecule has 0 aliphatic heterocycles. The Morgan fingerprint density at radius 3 is 1.44 bits per heavy atom. The molecule has 0 saturated heterocycles. The second-order valence-electron chi connectivity index (χ2n) is 3.27. The third-order valence-corrected chi connectivity index (χ3v) is 5.90. The second kappa shape index (κ2) is 3.68. The van der Waals surface area contributed by atoms with Gasteiger partial charge in [0.15, 0.2) is 0 Å². The van der Waals surface area contributed by atoms with Gasteiger partial charge in [0.05, 0.1) is 0 Å². The molecule has 0 aromatic rings. The SMILES string of the molecule is [CH2-][P+](C)([S-])C(C)(C)C.[Li+]. The first-order valence-corrected chi connectivity index (χ1v) is 6.10. The monoisotopic (exact) mass is 156 g/mol. The van der Waals surface area contributed by atoms with E-state index in [0.717, 1.165) is 0 Å². The van der Waals surface area contributed by atoms with Crippen molar-refractivity contribution in [3.05, 3.63) is 6.66 Å². The first-order chi connectivity index (χ1) is 3.25. The van der Waals surface area contributed by atoms with Gasteiger partial charge >= 0.3 is 18.9 Å². The van der Waals surface area contributed by atoms with Gasteiger partial charge in [0.2, 0.25) is 0 Å². The molecule has 0 amide bonds. The van der Waals surface area contributed by atoms with E-state index in [4.69, 9.17) is 12.2 Å². The van der Waals surface area contributed by atoms with E-state index in [1.54, 1.807) is 0 Å². The minimum Gasteiger partial charge on any atom is -0.587 e. The summed E-state index contributed by atoms with van der Waals surface area (Å²) in [5.74, 6) is 0. The molecule has 1 unspecified atom stereocenters. The van der Waals surface area contributed by atoms with Crippen molar-refractivity contribution in [2.75, 3.05) is 6.66 Å². The maximum absolute atomic E-state index is 5.22. The Bertz CT molecular complexity index is 68.0. The van der Waals surface area contributed by atoms with Crippen LogP contribution in [0.15, 0.2) is 0 Å². The second-order valence-corrected chi connectivity index (χ2v) is 9.23. The Balaban J connectivity index is 0. The van der Waals surface area contributed by atoms with Crippen molar-refractivity contribution in [1.29, 1.82) is 0 Å². The molecule has 0 aromatic carbocycles. The molecule has 0 rings (SSSR count). The summed E-state index contributed by atoms with van der Waals surface area (Å²) in [5, 5.41) is 0.252. The van der Waals surface area contributed by atoms with Crippen molar-refractivity contribution in [2.24, 2.45) is 0 Å². The molecule has 0 N–H and O–H groups in total. The van der Waals surface area contributed by atoms with Crippen LogP contribution >= 0.6 is 6.46 Å². The molecule has 0 fully saturated rings. The van der Waals surface area contributed by atoms with E-state index in [-0.39, 0.29) is 24.0 Å². The van der Waals surface area contributed by atoms with Crippen molar-refractivity contribution in [1.82, 2.24) is 0 Å². The van der Waals surface area contributed by atoms with Crippen molar-refractivity contribution >= 4 is 18.7 Å². The zero-order chi connectivity index (χ0) is 7.00. The van der Waals surface area contributed by atoms with Gasteiger partial charge in [-0.2, -0.15) is 0 Å². The predicted molar refractivity (Wildman–Crippen MR) is 45.3 cm³/mol. The van der Waals surface area contributed by atoms with Gasteiger partial charge in [-0.15, -0.1) is 0 Å². The molecular formula is C6H14LiPS. The average molecular weight is 156 g/mol. The zero-order valence-corrected chi connectivity index (χ0v) is 8.77. The van der Waals surface area contributed by atoms with Gasteiger partial charge in [0, 0.05) is 11.8 Å². The van der Waals surface area contributed by atoms with Gasteiger partial charge < -0.3 is 12.2 Å².